The van der Waals surface area contributed by atoms with Crippen LogP contribution < -0.4 is 0 Å². The van der Waals surface area contributed by atoms with Crippen LogP contribution in [0.15, 0.2) is 12.7 Å². The van der Waals surface area contributed by atoms with Crippen molar-refractivity contribution in [1.29, 1.82) is 0 Å². The van der Waals surface area contributed by atoms with Gasteiger partial charge in [-0.2, -0.15) is 0 Å². The van der Waals surface area contributed by atoms with Crippen molar-refractivity contribution >= 4 is 11.9 Å². The van der Waals surface area contributed by atoms with E-state index in [0.717, 1.165) is 6.42 Å². The van der Waals surface area contributed by atoms with Crippen molar-refractivity contribution < 1.29 is 14.3 Å². The van der Waals surface area contributed by atoms with Gasteiger partial charge in [0.05, 0.1) is 6.04 Å². The van der Waals surface area contributed by atoms with Crippen LogP contribution in [-0.2, 0) is 9.53 Å². The molecule has 0 aliphatic carbocycles. The topological polar surface area (TPSA) is 46.6 Å². The first-order valence-corrected chi connectivity index (χ1v) is 6.44. The van der Waals surface area contributed by atoms with Crippen LogP contribution >= 0.6 is 0 Å². The van der Waals surface area contributed by atoms with E-state index in [0.29, 0.717) is 12.8 Å². The van der Waals surface area contributed by atoms with Gasteiger partial charge < -0.3 is 4.74 Å². The molecule has 0 aromatic heterocycles. The maximum Gasteiger partial charge on any atom is 0.411 e. The van der Waals surface area contributed by atoms with Crippen LogP contribution in [0.4, 0.5) is 4.79 Å². The molecule has 1 amide bonds. The second-order valence-electron chi connectivity index (χ2n) is 5.70. The highest BCUT2D eigenvalue weighted by Gasteiger charge is 2.37. The van der Waals surface area contributed by atoms with E-state index < -0.39 is 5.60 Å². The van der Waals surface area contributed by atoms with Crippen molar-refractivity contribution in [2.75, 3.05) is 0 Å². The maximum absolute atomic E-state index is 12.2. The molecule has 4 heteroatoms. The van der Waals surface area contributed by atoms with Crippen LogP contribution in [0.2, 0.25) is 0 Å². The predicted molar refractivity (Wildman–Crippen MR) is 70.4 cm³/mol. The molecule has 18 heavy (non-hydrogen) atoms. The maximum atomic E-state index is 12.2. The molecule has 0 spiro atoms. The van der Waals surface area contributed by atoms with Gasteiger partial charge in [0.2, 0.25) is 0 Å². The SMILES string of the molecule is C=C[C@H]1CC(=O)C[C@@H](CC)N1C(=O)OC(C)(C)C. The molecule has 1 heterocycles. The van der Waals surface area contributed by atoms with E-state index in [1.54, 1.807) is 11.0 Å². The first kappa shape index (κ1) is 14.7. The fourth-order valence-corrected chi connectivity index (χ4v) is 2.18. The van der Waals surface area contributed by atoms with E-state index in [1.807, 2.05) is 27.7 Å². The van der Waals surface area contributed by atoms with Crippen molar-refractivity contribution in [3.8, 4) is 0 Å². The largest absolute Gasteiger partial charge is 0.444 e. The fraction of sp³-hybridized carbons (Fsp3) is 0.714. The highest BCUT2D eigenvalue weighted by atomic mass is 16.6. The lowest BCUT2D eigenvalue weighted by molar-refractivity contribution is -0.124. The second kappa shape index (κ2) is 5.55. The Kier molecular flexibility index (Phi) is 4.54. The number of rotatable bonds is 2. The minimum atomic E-state index is -0.525. The van der Waals surface area contributed by atoms with Crippen molar-refractivity contribution in [2.45, 2.75) is 64.6 Å². The van der Waals surface area contributed by atoms with Gasteiger partial charge in [-0.05, 0) is 27.2 Å². The number of ether oxygens (including phenoxy) is 1. The normalized spacial score (nSPS) is 24.9. The Morgan fingerprint density at radius 3 is 2.56 bits per heavy atom. The Bertz CT molecular complexity index is 343. The molecule has 0 aromatic carbocycles. The van der Waals surface area contributed by atoms with Crippen molar-refractivity contribution in [2.24, 2.45) is 0 Å². The van der Waals surface area contributed by atoms with E-state index in [4.69, 9.17) is 4.74 Å². The fourth-order valence-electron chi connectivity index (χ4n) is 2.18. The van der Waals surface area contributed by atoms with Crippen LogP contribution in [0, 0.1) is 0 Å². The summed E-state index contributed by atoms with van der Waals surface area (Å²) in [7, 11) is 0. The Labute approximate surface area is 109 Å². The van der Waals surface area contributed by atoms with E-state index in [-0.39, 0.29) is 24.0 Å². The minimum Gasteiger partial charge on any atom is -0.444 e. The van der Waals surface area contributed by atoms with Gasteiger partial charge in [-0.3, -0.25) is 9.69 Å². The number of likely N-dealkylation sites (tertiary alicyclic amines) is 1. The quantitative estimate of drug-likeness (QED) is 0.711. The molecule has 1 aliphatic heterocycles. The average molecular weight is 253 g/mol. The highest BCUT2D eigenvalue weighted by molar-refractivity contribution is 5.83. The minimum absolute atomic E-state index is 0.0795. The molecule has 0 radical (unpaired) electrons. The second-order valence-corrected chi connectivity index (χ2v) is 5.70. The summed E-state index contributed by atoms with van der Waals surface area (Å²) >= 11 is 0. The predicted octanol–water partition coefficient (Wildman–Crippen LogP) is 2.92. The van der Waals surface area contributed by atoms with Gasteiger partial charge in [-0.25, -0.2) is 4.79 Å². The molecule has 0 aromatic rings. The third-order valence-corrected chi connectivity index (χ3v) is 3.00. The van der Waals surface area contributed by atoms with Crippen molar-refractivity contribution in [3.63, 3.8) is 0 Å². The summed E-state index contributed by atoms with van der Waals surface area (Å²) in [5, 5.41) is 0. The van der Waals surface area contributed by atoms with Crippen molar-refractivity contribution in [3.05, 3.63) is 12.7 Å². The number of nitrogens with zero attached hydrogens (tertiary/aromatic N) is 1. The van der Waals surface area contributed by atoms with E-state index in [2.05, 4.69) is 6.58 Å². The van der Waals surface area contributed by atoms with Gasteiger partial charge in [0.25, 0.3) is 0 Å². The number of piperidine rings is 1. The molecule has 1 fully saturated rings. The molecule has 4 nitrogen and oxygen atoms in total. The van der Waals surface area contributed by atoms with Crippen LogP contribution in [0.25, 0.3) is 0 Å². The molecule has 0 N–H and O–H groups in total. The van der Waals surface area contributed by atoms with Gasteiger partial charge in [-0.15, -0.1) is 6.58 Å². The zero-order valence-corrected chi connectivity index (χ0v) is 11.7. The molecule has 2 atom stereocenters. The van der Waals surface area contributed by atoms with Gasteiger partial charge in [0.15, 0.2) is 0 Å². The van der Waals surface area contributed by atoms with Crippen LogP contribution in [0.5, 0.6) is 0 Å². The monoisotopic (exact) mass is 253 g/mol. The van der Waals surface area contributed by atoms with Crippen molar-refractivity contribution in [1.82, 2.24) is 4.90 Å². The summed E-state index contributed by atoms with van der Waals surface area (Å²) in [5.41, 5.74) is -0.525. The van der Waals surface area contributed by atoms with Gasteiger partial charge in [-0.1, -0.05) is 13.0 Å². The van der Waals surface area contributed by atoms with Crippen LogP contribution in [0.3, 0.4) is 0 Å². The zero-order valence-electron chi connectivity index (χ0n) is 11.7. The summed E-state index contributed by atoms with van der Waals surface area (Å²) < 4.78 is 5.40. The van der Waals surface area contributed by atoms with Crippen LogP contribution in [-0.4, -0.2) is 34.5 Å². The molecule has 1 saturated heterocycles. The zero-order chi connectivity index (χ0) is 13.9. The number of carbonyl (C=O) groups is 2. The molecular formula is C14H23NO3. The summed E-state index contributed by atoms with van der Waals surface area (Å²) in [4.78, 5) is 25.5. The Balaban J connectivity index is 2.89. The smallest absolute Gasteiger partial charge is 0.411 e. The van der Waals surface area contributed by atoms with E-state index >= 15 is 0 Å². The number of ketones is 1. The molecular weight excluding hydrogens is 230 g/mol. The highest BCUT2D eigenvalue weighted by Crippen LogP contribution is 2.25. The van der Waals surface area contributed by atoms with E-state index in [1.165, 1.54) is 0 Å². The molecule has 0 bridgehead atoms. The Hall–Kier alpha value is -1.32. The molecule has 0 saturated carbocycles. The third-order valence-electron chi connectivity index (χ3n) is 3.00. The molecule has 1 rings (SSSR count). The lowest BCUT2D eigenvalue weighted by atomic mass is 9.93. The summed E-state index contributed by atoms with van der Waals surface area (Å²) in [5.74, 6) is 0.187. The summed E-state index contributed by atoms with van der Waals surface area (Å²) in [6.07, 6.45) is 2.81. The number of hydrogen-bond donors (Lipinski definition) is 0. The van der Waals surface area contributed by atoms with Gasteiger partial charge in [0.1, 0.15) is 11.4 Å². The lowest BCUT2D eigenvalue weighted by Crippen LogP contribution is -2.53. The van der Waals surface area contributed by atoms with E-state index in [9.17, 15) is 9.59 Å². The number of hydrogen-bond acceptors (Lipinski definition) is 3. The molecule has 102 valence electrons. The summed E-state index contributed by atoms with van der Waals surface area (Å²) in [6.45, 7) is 11.2. The Morgan fingerprint density at radius 1 is 1.50 bits per heavy atom. The Morgan fingerprint density at radius 2 is 2.11 bits per heavy atom. The van der Waals surface area contributed by atoms with Gasteiger partial charge in [0, 0.05) is 18.9 Å². The number of amides is 1. The third kappa shape index (κ3) is 3.59. The van der Waals surface area contributed by atoms with Crippen LogP contribution in [0.1, 0.15) is 47.0 Å². The van der Waals surface area contributed by atoms with Gasteiger partial charge >= 0.3 is 6.09 Å². The first-order chi connectivity index (χ1) is 8.28. The molecule has 0 unspecified atom stereocenters. The standard InChI is InChI=1S/C14H23NO3/c1-6-10-8-12(16)9-11(7-2)15(10)13(17)18-14(3,4)5/h6,10-11H,1,7-9H2,2-5H3/t10-,11+/m0/s1. The summed E-state index contributed by atoms with van der Waals surface area (Å²) in [6, 6.07) is -0.324. The average Bonchev–Trinajstić information content (AvgIpc) is 2.24. The number of Topliss-reactive ketones (excluding diaryl/α,β-unsaturated/α-hetero) is 1. The first-order valence-electron chi connectivity index (χ1n) is 6.44. The molecule has 1 aliphatic rings. The number of carbonyl (C=O) groups excluding carboxylic acids is 2. The lowest BCUT2D eigenvalue weighted by Gasteiger charge is -2.40.